The van der Waals surface area contributed by atoms with E-state index in [4.69, 9.17) is 21.1 Å². The monoisotopic (exact) mass is 456 g/mol. The number of hydrogen-bond donors (Lipinski definition) is 0. The predicted octanol–water partition coefficient (Wildman–Crippen LogP) is 5.32. The molecule has 1 aliphatic rings. The lowest BCUT2D eigenvalue weighted by atomic mass is 10.2. The number of benzene rings is 2. The molecule has 3 rings (SSSR count). The van der Waals surface area contributed by atoms with Crippen molar-refractivity contribution in [2.45, 2.75) is 6.92 Å². The standard InChI is InChI=1S/C23H21ClN2O4S/c1-4-12-30-19-11-6-15(13-18(19)24)14-20-21(27)26(3)23(31-20)25-17-9-7-16(8-10-17)22(28)29-5-2/h4,6-11,13-14H,1,5,12H2,2-3H3/b20-14-,25-23?. The van der Waals surface area contributed by atoms with Crippen molar-refractivity contribution in [3.05, 3.63) is 76.2 Å². The fourth-order valence-corrected chi connectivity index (χ4v) is 3.90. The molecule has 0 bridgehead atoms. The van der Waals surface area contributed by atoms with Crippen LogP contribution in [0.5, 0.6) is 5.75 Å². The first-order chi connectivity index (χ1) is 14.9. The van der Waals surface area contributed by atoms with Crippen LogP contribution in [0.2, 0.25) is 5.02 Å². The Morgan fingerprint density at radius 3 is 2.65 bits per heavy atom. The average molecular weight is 457 g/mol. The second-order valence-corrected chi connectivity index (χ2v) is 7.84. The highest BCUT2D eigenvalue weighted by atomic mass is 35.5. The van der Waals surface area contributed by atoms with Gasteiger partial charge in [-0.2, -0.15) is 0 Å². The number of thioether (sulfide) groups is 1. The molecule has 0 aliphatic carbocycles. The molecule has 1 heterocycles. The number of amidine groups is 1. The number of carbonyl (C=O) groups is 2. The van der Waals surface area contributed by atoms with Crippen molar-refractivity contribution in [2.24, 2.45) is 4.99 Å². The Bertz CT molecular complexity index is 1060. The molecule has 1 saturated heterocycles. The van der Waals surface area contributed by atoms with Gasteiger partial charge < -0.3 is 9.47 Å². The second kappa shape index (κ2) is 10.3. The normalized spacial score (nSPS) is 16.1. The fraction of sp³-hybridized carbons (Fsp3) is 0.174. The third kappa shape index (κ3) is 5.57. The Kier molecular flexibility index (Phi) is 7.55. The highest BCUT2D eigenvalue weighted by Crippen LogP contribution is 2.34. The number of amides is 1. The molecular weight excluding hydrogens is 436 g/mol. The van der Waals surface area contributed by atoms with Crippen molar-refractivity contribution in [1.29, 1.82) is 0 Å². The predicted molar refractivity (Wildman–Crippen MR) is 125 cm³/mol. The van der Waals surface area contributed by atoms with Crippen LogP contribution < -0.4 is 4.74 Å². The lowest BCUT2D eigenvalue weighted by Gasteiger charge is -2.07. The first-order valence-electron chi connectivity index (χ1n) is 9.49. The lowest BCUT2D eigenvalue weighted by Crippen LogP contribution is -2.23. The van der Waals surface area contributed by atoms with Gasteiger partial charge in [0, 0.05) is 7.05 Å². The van der Waals surface area contributed by atoms with Crippen molar-refractivity contribution in [1.82, 2.24) is 4.90 Å². The molecule has 0 atom stereocenters. The summed E-state index contributed by atoms with van der Waals surface area (Å²) < 4.78 is 10.4. The largest absolute Gasteiger partial charge is 0.488 e. The number of rotatable bonds is 7. The van der Waals surface area contributed by atoms with Gasteiger partial charge in [-0.05, 0) is 66.7 Å². The summed E-state index contributed by atoms with van der Waals surface area (Å²) in [5.41, 5.74) is 1.86. The average Bonchev–Trinajstić information content (AvgIpc) is 3.01. The lowest BCUT2D eigenvalue weighted by molar-refractivity contribution is -0.121. The summed E-state index contributed by atoms with van der Waals surface area (Å²) in [6.07, 6.45) is 3.40. The number of aliphatic imine (C=N–C) groups is 1. The molecule has 0 spiro atoms. The molecule has 0 unspecified atom stereocenters. The van der Waals surface area contributed by atoms with Crippen LogP contribution in [0.15, 0.2) is 65.0 Å². The van der Waals surface area contributed by atoms with E-state index in [0.29, 0.717) is 45.3 Å². The summed E-state index contributed by atoms with van der Waals surface area (Å²) in [7, 11) is 1.67. The van der Waals surface area contributed by atoms with E-state index in [1.54, 1.807) is 62.5 Å². The first-order valence-corrected chi connectivity index (χ1v) is 10.7. The molecule has 2 aromatic rings. The zero-order valence-corrected chi connectivity index (χ0v) is 18.7. The van der Waals surface area contributed by atoms with Gasteiger partial charge in [-0.3, -0.25) is 9.69 Å². The van der Waals surface area contributed by atoms with Crippen LogP contribution in [0.4, 0.5) is 5.69 Å². The molecule has 1 amide bonds. The van der Waals surface area contributed by atoms with E-state index in [9.17, 15) is 9.59 Å². The van der Waals surface area contributed by atoms with Crippen molar-refractivity contribution < 1.29 is 19.1 Å². The van der Waals surface area contributed by atoms with Crippen LogP contribution in [0.3, 0.4) is 0 Å². The molecule has 0 radical (unpaired) electrons. The van der Waals surface area contributed by atoms with Crippen LogP contribution in [0, 0.1) is 0 Å². The van der Waals surface area contributed by atoms with E-state index in [1.165, 1.54) is 16.7 Å². The third-order valence-electron chi connectivity index (χ3n) is 4.22. The number of nitrogens with zero attached hydrogens (tertiary/aromatic N) is 2. The van der Waals surface area contributed by atoms with Crippen molar-refractivity contribution in [3.63, 3.8) is 0 Å². The summed E-state index contributed by atoms with van der Waals surface area (Å²) in [5, 5.41) is 0.993. The van der Waals surface area contributed by atoms with Gasteiger partial charge in [-0.25, -0.2) is 9.79 Å². The van der Waals surface area contributed by atoms with Crippen LogP contribution in [0.25, 0.3) is 6.08 Å². The number of esters is 1. The van der Waals surface area contributed by atoms with E-state index < -0.39 is 0 Å². The molecule has 0 aromatic heterocycles. The van der Waals surface area contributed by atoms with Gasteiger partial charge in [0.05, 0.1) is 27.8 Å². The minimum Gasteiger partial charge on any atom is -0.488 e. The molecule has 31 heavy (non-hydrogen) atoms. The number of carbonyl (C=O) groups excluding carboxylic acids is 2. The third-order valence-corrected chi connectivity index (χ3v) is 5.57. The smallest absolute Gasteiger partial charge is 0.338 e. The molecule has 6 nitrogen and oxygen atoms in total. The van der Waals surface area contributed by atoms with E-state index >= 15 is 0 Å². The molecule has 8 heteroatoms. The molecule has 0 N–H and O–H groups in total. The molecular formula is C23H21ClN2O4S. The van der Waals surface area contributed by atoms with Crippen LogP contribution in [-0.4, -0.2) is 42.2 Å². The van der Waals surface area contributed by atoms with E-state index in [-0.39, 0.29) is 11.9 Å². The molecule has 0 saturated carbocycles. The number of hydrogen-bond acceptors (Lipinski definition) is 6. The summed E-state index contributed by atoms with van der Waals surface area (Å²) in [4.78, 5) is 31.0. The first kappa shape index (κ1) is 22.7. The second-order valence-electron chi connectivity index (χ2n) is 6.43. The quantitative estimate of drug-likeness (QED) is 0.320. The van der Waals surface area contributed by atoms with Crippen molar-refractivity contribution in [3.8, 4) is 5.75 Å². The topological polar surface area (TPSA) is 68.2 Å². The highest BCUT2D eigenvalue weighted by Gasteiger charge is 2.30. The van der Waals surface area contributed by atoms with Gasteiger partial charge in [0.2, 0.25) is 0 Å². The SMILES string of the molecule is C=CCOc1ccc(/C=C2\SC(=Nc3ccc(C(=O)OCC)cc3)N(C)C2=O)cc1Cl. The van der Waals surface area contributed by atoms with Gasteiger partial charge in [-0.1, -0.05) is 30.3 Å². The number of ether oxygens (including phenoxy) is 2. The van der Waals surface area contributed by atoms with Gasteiger partial charge in [0.25, 0.3) is 5.91 Å². The summed E-state index contributed by atoms with van der Waals surface area (Å²) in [5.74, 6) is 0.0174. The Labute approximate surface area is 190 Å². The van der Waals surface area contributed by atoms with E-state index in [0.717, 1.165) is 5.56 Å². The summed E-state index contributed by atoms with van der Waals surface area (Å²) >= 11 is 7.53. The molecule has 2 aromatic carbocycles. The maximum atomic E-state index is 12.6. The van der Waals surface area contributed by atoms with Crippen LogP contribution >= 0.6 is 23.4 Å². The molecule has 160 valence electrons. The Morgan fingerprint density at radius 1 is 1.26 bits per heavy atom. The number of likely N-dealkylation sites (N-methyl/N-ethyl adjacent to an activating group) is 1. The van der Waals surface area contributed by atoms with Crippen LogP contribution in [0.1, 0.15) is 22.8 Å². The minimum atomic E-state index is -0.381. The van der Waals surface area contributed by atoms with E-state index in [2.05, 4.69) is 11.6 Å². The summed E-state index contributed by atoms with van der Waals surface area (Å²) in [6.45, 7) is 6.04. The summed E-state index contributed by atoms with van der Waals surface area (Å²) in [6, 6.07) is 12.0. The molecule has 1 fully saturated rings. The van der Waals surface area contributed by atoms with E-state index in [1.807, 2.05) is 6.07 Å². The number of halogens is 1. The minimum absolute atomic E-state index is 0.157. The van der Waals surface area contributed by atoms with Gasteiger partial charge >= 0.3 is 5.97 Å². The maximum absolute atomic E-state index is 12.6. The molecule has 1 aliphatic heterocycles. The van der Waals surface area contributed by atoms with Crippen molar-refractivity contribution in [2.75, 3.05) is 20.3 Å². The van der Waals surface area contributed by atoms with Gasteiger partial charge in [0.1, 0.15) is 12.4 Å². The zero-order valence-electron chi connectivity index (χ0n) is 17.1. The fourth-order valence-electron chi connectivity index (χ4n) is 2.67. The zero-order chi connectivity index (χ0) is 22.4. The Hall–Kier alpha value is -3.03. The van der Waals surface area contributed by atoms with Gasteiger partial charge in [0.15, 0.2) is 5.17 Å². The maximum Gasteiger partial charge on any atom is 0.338 e. The van der Waals surface area contributed by atoms with Crippen LogP contribution in [-0.2, 0) is 9.53 Å². The Morgan fingerprint density at radius 2 is 2.00 bits per heavy atom. The highest BCUT2D eigenvalue weighted by molar-refractivity contribution is 8.18. The Balaban J connectivity index is 1.78. The van der Waals surface area contributed by atoms with Crippen molar-refractivity contribution >= 4 is 52.2 Å². The van der Waals surface area contributed by atoms with Gasteiger partial charge in [-0.15, -0.1) is 0 Å².